The molecule has 3 aromatic rings. The van der Waals surface area contributed by atoms with E-state index in [0.717, 1.165) is 0 Å². The summed E-state index contributed by atoms with van der Waals surface area (Å²) in [4.78, 5) is 42.5. The van der Waals surface area contributed by atoms with E-state index in [1.807, 2.05) is 0 Å². The third-order valence-corrected chi connectivity index (χ3v) is 4.20. The molecule has 1 aromatic heterocycles. The van der Waals surface area contributed by atoms with Crippen LogP contribution in [0.15, 0.2) is 54.9 Å². The Morgan fingerprint density at radius 3 is 2.23 bits per heavy atom. The molecule has 0 aliphatic carbocycles. The van der Waals surface area contributed by atoms with E-state index in [9.17, 15) is 19.7 Å². The van der Waals surface area contributed by atoms with E-state index in [2.05, 4.69) is 20.6 Å². The summed E-state index contributed by atoms with van der Waals surface area (Å²) in [6.07, 6.45) is 1.18. The lowest BCUT2D eigenvalue weighted by Crippen LogP contribution is -2.07. The van der Waals surface area contributed by atoms with Gasteiger partial charge >= 0.3 is 11.7 Å². The minimum Gasteiger partial charge on any atom is -0.462 e. The zero-order valence-electron chi connectivity index (χ0n) is 16.8. The van der Waals surface area contributed by atoms with Gasteiger partial charge in [-0.2, -0.15) is 0 Å². The molecule has 158 valence electrons. The van der Waals surface area contributed by atoms with Crippen LogP contribution in [0.4, 0.5) is 28.7 Å². The van der Waals surface area contributed by atoms with Crippen molar-refractivity contribution in [2.24, 2.45) is 0 Å². The zero-order valence-corrected chi connectivity index (χ0v) is 16.8. The highest BCUT2D eigenvalue weighted by molar-refractivity contribution is 5.94. The van der Waals surface area contributed by atoms with Gasteiger partial charge in [0.25, 0.3) is 0 Å². The van der Waals surface area contributed by atoms with E-state index in [0.29, 0.717) is 22.5 Å². The van der Waals surface area contributed by atoms with Gasteiger partial charge in [0.05, 0.1) is 17.1 Å². The van der Waals surface area contributed by atoms with Crippen molar-refractivity contribution in [1.82, 2.24) is 9.97 Å². The van der Waals surface area contributed by atoms with Crippen LogP contribution in [-0.4, -0.2) is 33.3 Å². The van der Waals surface area contributed by atoms with Gasteiger partial charge in [0.1, 0.15) is 6.33 Å². The van der Waals surface area contributed by atoms with Gasteiger partial charge in [-0.1, -0.05) is 6.07 Å². The van der Waals surface area contributed by atoms with E-state index in [-0.39, 0.29) is 29.7 Å². The topological polar surface area (TPSA) is 136 Å². The minimum absolute atomic E-state index is 0.0281. The highest BCUT2D eigenvalue weighted by Crippen LogP contribution is 2.33. The summed E-state index contributed by atoms with van der Waals surface area (Å²) in [5.74, 6) is -0.667. The Morgan fingerprint density at radius 1 is 1.00 bits per heavy atom. The van der Waals surface area contributed by atoms with Crippen LogP contribution in [0.2, 0.25) is 0 Å². The number of nitrogens with one attached hydrogen (secondary N) is 2. The number of ether oxygens (including phenoxy) is 1. The highest BCUT2D eigenvalue weighted by atomic mass is 16.6. The van der Waals surface area contributed by atoms with Crippen LogP contribution in [0.25, 0.3) is 0 Å². The van der Waals surface area contributed by atoms with Crippen molar-refractivity contribution in [3.05, 3.63) is 76.1 Å². The number of hydrogen-bond acceptors (Lipinski definition) is 9. The Kier molecular flexibility index (Phi) is 6.51. The summed E-state index contributed by atoms with van der Waals surface area (Å²) >= 11 is 0. The molecular weight excluding hydrogens is 402 g/mol. The maximum Gasteiger partial charge on any atom is 0.353 e. The monoisotopic (exact) mass is 421 g/mol. The third kappa shape index (κ3) is 5.18. The van der Waals surface area contributed by atoms with E-state index in [1.165, 1.54) is 19.3 Å². The van der Waals surface area contributed by atoms with Crippen molar-refractivity contribution in [1.29, 1.82) is 0 Å². The van der Waals surface area contributed by atoms with Gasteiger partial charge < -0.3 is 15.4 Å². The molecule has 0 unspecified atom stereocenters. The summed E-state index contributed by atoms with van der Waals surface area (Å²) in [7, 11) is 0. The summed E-state index contributed by atoms with van der Waals surface area (Å²) < 4.78 is 4.97. The first-order chi connectivity index (χ1) is 14.9. The fourth-order valence-corrected chi connectivity index (χ4v) is 2.73. The Bertz CT molecular complexity index is 1130. The van der Waals surface area contributed by atoms with Crippen molar-refractivity contribution in [3.63, 3.8) is 0 Å². The second kappa shape index (κ2) is 9.44. The molecule has 10 heteroatoms. The number of hydrogen-bond donors (Lipinski definition) is 2. The second-order valence-electron chi connectivity index (χ2n) is 6.36. The maximum absolute atomic E-state index is 11.9. The molecule has 0 amide bonds. The number of anilines is 4. The number of Topliss-reactive ketones (excluding diaryl/α,β-unsaturated/α-hetero) is 1. The molecule has 0 saturated heterocycles. The Morgan fingerprint density at radius 2 is 1.65 bits per heavy atom. The third-order valence-electron chi connectivity index (χ3n) is 4.20. The lowest BCUT2D eigenvalue weighted by molar-refractivity contribution is -0.383. The lowest BCUT2D eigenvalue weighted by Gasteiger charge is -2.11. The van der Waals surface area contributed by atoms with Gasteiger partial charge in [-0.05, 0) is 56.3 Å². The van der Waals surface area contributed by atoms with Crippen LogP contribution in [0, 0.1) is 10.1 Å². The predicted molar refractivity (Wildman–Crippen MR) is 114 cm³/mol. The molecule has 1 heterocycles. The highest BCUT2D eigenvalue weighted by Gasteiger charge is 2.23. The molecule has 0 bridgehead atoms. The molecule has 0 spiro atoms. The van der Waals surface area contributed by atoms with Crippen LogP contribution < -0.4 is 10.6 Å². The van der Waals surface area contributed by atoms with Crippen molar-refractivity contribution < 1.29 is 19.2 Å². The Balaban J connectivity index is 1.90. The van der Waals surface area contributed by atoms with Gasteiger partial charge in [0, 0.05) is 16.9 Å². The number of carbonyl (C=O) groups is 2. The standard InChI is InChI=1S/C21H19N5O5/c1-3-31-21(28)15-5-4-6-17(11-15)25-20-18(26(29)30)19(22-12-23-20)24-16-9-7-14(8-10-16)13(2)27/h4-12H,3H2,1-2H3,(H2,22,23,24,25). The average molecular weight is 421 g/mol. The first-order valence-corrected chi connectivity index (χ1v) is 9.30. The molecule has 0 radical (unpaired) electrons. The number of nitro groups is 1. The van der Waals surface area contributed by atoms with Crippen LogP contribution in [0.3, 0.4) is 0 Å². The van der Waals surface area contributed by atoms with Crippen LogP contribution >= 0.6 is 0 Å². The van der Waals surface area contributed by atoms with Gasteiger partial charge in [0.15, 0.2) is 5.78 Å². The molecule has 0 aliphatic heterocycles. The fraction of sp³-hybridized carbons (Fsp3) is 0.143. The van der Waals surface area contributed by atoms with Crippen molar-refractivity contribution in [2.45, 2.75) is 13.8 Å². The van der Waals surface area contributed by atoms with E-state index in [4.69, 9.17) is 4.74 Å². The number of nitrogens with zero attached hydrogens (tertiary/aromatic N) is 3. The van der Waals surface area contributed by atoms with E-state index >= 15 is 0 Å². The molecule has 2 aromatic carbocycles. The SMILES string of the molecule is CCOC(=O)c1cccc(Nc2ncnc(Nc3ccc(C(C)=O)cc3)c2[N+](=O)[O-])c1. The number of rotatable bonds is 8. The van der Waals surface area contributed by atoms with Crippen molar-refractivity contribution in [2.75, 3.05) is 17.2 Å². The lowest BCUT2D eigenvalue weighted by atomic mass is 10.1. The number of carbonyl (C=O) groups excluding carboxylic acids is 2. The summed E-state index contributed by atoms with van der Waals surface area (Å²) in [5, 5.41) is 17.5. The first kappa shape index (κ1) is 21.4. The molecular formula is C21H19N5O5. The van der Waals surface area contributed by atoms with Crippen molar-refractivity contribution in [3.8, 4) is 0 Å². The quantitative estimate of drug-likeness (QED) is 0.237. The minimum atomic E-state index is -0.607. The summed E-state index contributed by atoms with van der Waals surface area (Å²) in [6.45, 7) is 3.38. The largest absolute Gasteiger partial charge is 0.462 e. The normalized spacial score (nSPS) is 10.3. The molecule has 0 saturated carbocycles. The van der Waals surface area contributed by atoms with Crippen LogP contribution in [0.1, 0.15) is 34.6 Å². The van der Waals surface area contributed by atoms with Crippen molar-refractivity contribution >= 4 is 40.5 Å². The molecule has 0 atom stereocenters. The smallest absolute Gasteiger partial charge is 0.353 e. The van der Waals surface area contributed by atoms with E-state index < -0.39 is 10.9 Å². The molecule has 0 aliphatic rings. The first-order valence-electron chi connectivity index (χ1n) is 9.30. The Labute approximate surface area is 177 Å². The number of benzene rings is 2. The molecule has 2 N–H and O–H groups in total. The van der Waals surface area contributed by atoms with Gasteiger partial charge in [-0.3, -0.25) is 14.9 Å². The van der Waals surface area contributed by atoms with Crippen LogP contribution in [-0.2, 0) is 4.74 Å². The molecule has 10 nitrogen and oxygen atoms in total. The summed E-state index contributed by atoms with van der Waals surface area (Å²) in [5.41, 5.74) is 1.38. The number of esters is 1. The molecule has 3 rings (SSSR count). The van der Waals surface area contributed by atoms with Gasteiger partial charge in [-0.25, -0.2) is 14.8 Å². The van der Waals surface area contributed by atoms with Crippen LogP contribution in [0.5, 0.6) is 0 Å². The van der Waals surface area contributed by atoms with Gasteiger partial charge in [-0.15, -0.1) is 0 Å². The average Bonchev–Trinajstić information content (AvgIpc) is 2.74. The van der Waals surface area contributed by atoms with E-state index in [1.54, 1.807) is 49.4 Å². The summed E-state index contributed by atoms with van der Waals surface area (Å²) in [6, 6.07) is 12.8. The molecule has 0 fully saturated rings. The second-order valence-corrected chi connectivity index (χ2v) is 6.36. The number of aromatic nitrogens is 2. The Hall–Kier alpha value is -4.34. The number of ketones is 1. The molecule has 31 heavy (non-hydrogen) atoms. The zero-order chi connectivity index (χ0) is 22.4. The predicted octanol–water partition coefficient (Wildman–Crippen LogP) is 4.25. The maximum atomic E-state index is 11.9. The van der Waals surface area contributed by atoms with Gasteiger partial charge in [0.2, 0.25) is 11.6 Å². The fourth-order valence-electron chi connectivity index (χ4n) is 2.73.